The number of esters is 1. The molecule has 2 N–H and O–H groups in total. The van der Waals surface area contributed by atoms with Gasteiger partial charge in [-0.3, -0.25) is 4.79 Å². The van der Waals surface area contributed by atoms with Gasteiger partial charge in [0.2, 0.25) is 0 Å². The summed E-state index contributed by atoms with van der Waals surface area (Å²) in [7, 11) is 0. The zero-order valence-electron chi connectivity index (χ0n) is 8.59. The summed E-state index contributed by atoms with van der Waals surface area (Å²) in [5, 5.41) is 10.3. The first-order valence-corrected chi connectivity index (χ1v) is 4.75. The molecule has 0 radical (unpaired) electrons. The molecule has 0 aliphatic heterocycles. The molecule has 16 heavy (non-hydrogen) atoms. The number of rotatable bonds is 5. The van der Waals surface area contributed by atoms with Gasteiger partial charge in [0, 0.05) is 0 Å². The lowest BCUT2D eigenvalue weighted by atomic mass is 10.2. The molecule has 1 atom stereocenters. The Morgan fingerprint density at radius 3 is 2.50 bits per heavy atom. The second-order valence-electron chi connectivity index (χ2n) is 3.28. The highest BCUT2D eigenvalue weighted by Gasteiger charge is 2.11. The fraction of sp³-hybridized carbons (Fsp3) is 0.273. The molecule has 0 saturated heterocycles. The maximum Gasteiger partial charge on any atom is 0.308 e. The van der Waals surface area contributed by atoms with Crippen LogP contribution in [-0.2, 0) is 20.9 Å². The van der Waals surface area contributed by atoms with Crippen molar-refractivity contribution >= 4 is 11.9 Å². The van der Waals surface area contributed by atoms with Crippen LogP contribution in [0.3, 0.4) is 0 Å². The van der Waals surface area contributed by atoms with E-state index >= 15 is 0 Å². The van der Waals surface area contributed by atoms with Crippen molar-refractivity contribution in [3.8, 4) is 0 Å². The van der Waals surface area contributed by atoms with Gasteiger partial charge in [0.05, 0.1) is 18.4 Å². The highest BCUT2D eigenvalue weighted by molar-refractivity contribution is 5.79. The number of nitrogens with two attached hydrogens (primary N) is 1. The van der Waals surface area contributed by atoms with E-state index in [4.69, 9.17) is 10.5 Å². The number of hydrogen-bond acceptors (Lipinski definition) is 5. The highest BCUT2D eigenvalue weighted by atomic mass is 16.5. The molecule has 0 aliphatic rings. The maximum atomic E-state index is 11.1. The Hall–Kier alpha value is -1.88. The minimum atomic E-state index is -1.46. The molecule has 0 unspecified atom stereocenters. The Morgan fingerprint density at radius 1 is 1.31 bits per heavy atom. The molecule has 0 aliphatic carbocycles. The first kappa shape index (κ1) is 12.2. The molecule has 0 saturated carbocycles. The van der Waals surface area contributed by atoms with Crippen molar-refractivity contribution in [3.05, 3.63) is 35.9 Å². The highest BCUT2D eigenvalue weighted by Crippen LogP contribution is 2.02. The Labute approximate surface area is 92.8 Å². The molecular formula is C11H12NO4-. The Balaban J connectivity index is 2.33. The molecule has 1 aromatic rings. The topological polar surface area (TPSA) is 92.5 Å². The van der Waals surface area contributed by atoms with Crippen LogP contribution in [-0.4, -0.2) is 18.0 Å². The van der Waals surface area contributed by atoms with E-state index in [9.17, 15) is 14.7 Å². The number of carboxylic acid groups (broad SMARTS) is 1. The molecule has 0 fully saturated rings. The smallest absolute Gasteiger partial charge is 0.308 e. The minimum absolute atomic E-state index is 0.111. The monoisotopic (exact) mass is 222 g/mol. The standard InChI is InChI=1S/C11H13NO4/c12-9(11(14)15)6-10(13)16-7-8-4-2-1-3-5-8/h1-5,9H,6-7,12H2,(H,14,15)/p-1/t9-/m0/s1. The molecule has 5 heteroatoms. The zero-order valence-corrected chi connectivity index (χ0v) is 8.59. The van der Waals surface area contributed by atoms with E-state index < -0.39 is 18.0 Å². The largest absolute Gasteiger partial charge is 0.548 e. The van der Waals surface area contributed by atoms with Gasteiger partial charge in [-0.25, -0.2) is 0 Å². The maximum absolute atomic E-state index is 11.1. The quantitative estimate of drug-likeness (QED) is 0.658. The van der Waals surface area contributed by atoms with Crippen LogP contribution in [0.15, 0.2) is 30.3 Å². The number of aliphatic carboxylic acids is 1. The first-order valence-electron chi connectivity index (χ1n) is 4.75. The summed E-state index contributed by atoms with van der Waals surface area (Å²) in [6, 6.07) is 7.75. The number of carbonyl (C=O) groups is 2. The molecule has 86 valence electrons. The predicted molar refractivity (Wildman–Crippen MR) is 53.8 cm³/mol. The lowest BCUT2D eigenvalue weighted by Gasteiger charge is -2.11. The molecule has 1 rings (SSSR count). The predicted octanol–water partition coefficient (Wildman–Crippen LogP) is -0.803. The van der Waals surface area contributed by atoms with Crippen molar-refractivity contribution in [3.63, 3.8) is 0 Å². The normalized spacial score (nSPS) is 11.8. The van der Waals surface area contributed by atoms with Gasteiger partial charge in [0.15, 0.2) is 0 Å². The molecule has 0 heterocycles. The summed E-state index contributed by atoms with van der Waals surface area (Å²) in [5.41, 5.74) is 5.95. The van der Waals surface area contributed by atoms with Gasteiger partial charge in [-0.2, -0.15) is 0 Å². The van der Waals surface area contributed by atoms with E-state index in [1.165, 1.54) is 0 Å². The molecule has 0 bridgehead atoms. The van der Waals surface area contributed by atoms with Gasteiger partial charge in [0.1, 0.15) is 6.61 Å². The van der Waals surface area contributed by atoms with E-state index in [0.29, 0.717) is 0 Å². The Bertz CT molecular complexity index is 364. The van der Waals surface area contributed by atoms with Gasteiger partial charge in [0.25, 0.3) is 0 Å². The van der Waals surface area contributed by atoms with Crippen LogP contribution in [0.25, 0.3) is 0 Å². The Morgan fingerprint density at radius 2 is 1.94 bits per heavy atom. The summed E-state index contributed by atoms with van der Waals surface area (Å²) in [5.74, 6) is -2.11. The second-order valence-corrected chi connectivity index (χ2v) is 3.28. The average molecular weight is 222 g/mol. The van der Waals surface area contributed by atoms with E-state index in [-0.39, 0.29) is 13.0 Å². The number of hydrogen-bond donors (Lipinski definition) is 1. The fourth-order valence-electron chi connectivity index (χ4n) is 1.06. The summed E-state index contributed by atoms with van der Waals surface area (Å²) in [4.78, 5) is 21.4. The molecular weight excluding hydrogens is 210 g/mol. The lowest BCUT2D eigenvalue weighted by Crippen LogP contribution is -2.43. The number of benzene rings is 1. The van der Waals surface area contributed by atoms with Crippen molar-refractivity contribution in [1.82, 2.24) is 0 Å². The van der Waals surface area contributed by atoms with Gasteiger partial charge in [-0.15, -0.1) is 0 Å². The minimum Gasteiger partial charge on any atom is -0.548 e. The number of ether oxygens (including phenoxy) is 1. The van der Waals surface area contributed by atoms with Gasteiger partial charge < -0.3 is 20.4 Å². The van der Waals surface area contributed by atoms with Crippen molar-refractivity contribution in [2.45, 2.75) is 19.1 Å². The third-order valence-corrected chi connectivity index (χ3v) is 1.93. The zero-order chi connectivity index (χ0) is 12.0. The van der Waals surface area contributed by atoms with E-state index in [1.807, 2.05) is 18.2 Å². The van der Waals surface area contributed by atoms with Gasteiger partial charge >= 0.3 is 5.97 Å². The SMILES string of the molecule is N[C@@H](CC(=O)OCc1ccccc1)C(=O)[O-]. The third-order valence-electron chi connectivity index (χ3n) is 1.93. The van der Waals surface area contributed by atoms with Gasteiger partial charge in [-0.05, 0) is 5.56 Å². The number of carboxylic acids is 1. The van der Waals surface area contributed by atoms with Crippen LogP contribution in [0.1, 0.15) is 12.0 Å². The van der Waals surface area contributed by atoms with Crippen molar-refractivity contribution in [1.29, 1.82) is 0 Å². The number of carbonyl (C=O) groups excluding carboxylic acids is 2. The summed E-state index contributed by atoms with van der Waals surface area (Å²) >= 11 is 0. The van der Waals surface area contributed by atoms with E-state index in [2.05, 4.69) is 0 Å². The lowest BCUT2D eigenvalue weighted by molar-refractivity contribution is -0.307. The second kappa shape index (κ2) is 5.87. The van der Waals surface area contributed by atoms with Crippen LogP contribution in [0.4, 0.5) is 0 Å². The average Bonchev–Trinajstić information content (AvgIpc) is 2.27. The van der Waals surface area contributed by atoms with Crippen LogP contribution in [0, 0.1) is 0 Å². The Kier molecular flexibility index (Phi) is 4.47. The van der Waals surface area contributed by atoms with Crippen LogP contribution in [0.2, 0.25) is 0 Å². The van der Waals surface area contributed by atoms with Crippen LogP contribution in [0.5, 0.6) is 0 Å². The van der Waals surface area contributed by atoms with E-state index in [1.54, 1.807) is 12.1 Å². The summed E-state index contributed by atoms with van der Waals surface area (Å²) in [6.07, 6.45) is -0.380. The fourth-order valence-corrected chi connectivity index (χ4v) is 1.06. The van der Waals surface area contributed by atoms with Crippen LogP contribution < -0.4 is 10.8 Å². The molecule has 0 aromatic heterocycles. The molecule has 5 nitrogen and oxygen atoms in total. The van der Waals surface area contributed by atoms with Crippen LogP contribution >= 0.6 is 0 Å². The van der Waals surface area contributed by atoms with Crippen molar-refractivity contribution in [2.24, 2.45) is 5.73 Å². The van der Waals surface area contributed by atoms with Gasteiger partial charge in [-0.1, -0.05) is 30.3 Å². The summed E-state index contributed by atoms with van der Waals surface area (Å²) in [6.45, 7) is 0.111. The first-order chi connectivity index (χ1) is 7.59. The summed E-state index contributed by atoms with van der Waals surface area (Å²) < 4.78 is 4.84. The van der Waals surface area contributed by atoms with Crippen molar-refractivity contribution in [2.75, 3.05) is 0 Å². The molecule has 0 spiro atoms. The van der Waals surface area contributed by atoms with Crippen molar-refractivity contribution < 1.29 is 19.4 Å². The molecule has 0 amide bonds. The molecule has 1 aromatic carbocycles. The third kappa shape index (κ3) is 4.10. The van der Waals surface area contributed by atoms with E-state index in [0.717, 1.165) is 5.56 Å².